The number of likely N-dealkylation sites (tertiary alicyclic amines) is 1. The number of anilines is 1. The minimum absolute atomic E-state index is 0.111. The molecule has 21 heavy (non-hydrogen) atoms. The molecule has 1 aromatic carbocycles. The van der Waals surface area contributed by atoms with Crippen molar-refractivity contribution in [2.24, 2.45) is 0 Å². The van der Waals surface area contributed by atoms with Gasteiger partial charge in [-0.05, 0) is 37.5 Å². The topological polar surface area (TPSA) is 89.9 Å². The molecule has 114 valence electrons. The molecule has 1 atom stereocenters. The first-order chi connectivity index (χ1) is 10.0. The zero-order chi connectivity index (χ0) is 15.4. The normalized spacial score (nSPS) is 18.4. The fraction of sp³-hybridized carbons (Fsp3) is 0.429. The van der Waals surface area contributed by atoms with Crippen LogP contribution in [0.15, 0.2) is 18.2 Å². The van der Waals surface area contributed by atoms with Gasteiger partial charge in [0.05, 0.1) is 18.2 Å². The van der Waals surface area contributed by atoms with Crippen molar-refractivity contribution in [2.45, 2.75) is 25.3 Å². The van der Waals surface area contributed by atoms with E-state index >= 15 is 0 Å². The number of carboxylic acid groups (broad SMARTS) is 1. The second-order valence-corrected chi connectivity index (χ2v) is 4.96. The van der Waals surface area contributed by atoms with Crippen molar-refractivity contribution < 1.29 is 24.2 Å². The van der Waals surface area contributed by atoms with Crippen LogP contribution in [0.2, 0.25) is 0 Å². The maximum atomic E-state index is 13.6. The van der Waals surface area contributed by atoms with E-state index < -0.39 is 23.4 Å². The van der Waals surface area contributed by atoms with Crippen LogP contribution in [0.4, 0.5) is 14.9 Å². The van der Waals surface area contributed by atoms with E-state index in [1.54, 1.807) is 0 Å². The van der Waals surface area contributed by atoms with Crippen LogP contribution in [-0.2, 0) is 0 Å². The number of aliphatic hydroxyl groups excluding tert-OH is 1. The third-order valence-corrected chi connectivity index (χ3v) is 3.55. The lowest BCUT2D eigenvalue weighted by atomic mass is 10.0. The van der Waals surface area contributed by atoms with Gasteiger partial charge in [0.15, 0.2) is 0 Å². The Kier molecular flexibility index (Phi) is 4.74. The second kappa shape index (κ2) is 6.53. The van der Waals surface area contributed by atoms with Crippen molar-refractivity contribution in [3.8, 4) is 0 Å². The predicted molar refractivity (Wildman–Crippen MR) is 73.8 cm³/mol. The van der Waals surface area contributed by atoms with Crippen molar-refractivity contribution in [3.05, 3.63) is 29.6 Å². The molecule has 0 radical (unpaired) electrons. The zero-order valence-corrected chi connectivity index (χ0v) is 11.4. The van der Waals surface area contributed by atoms with Crippen LogP contribution in [0.5, 0.6) is 0 Å². The molecule has 1 aliphatic rings. The molecule has 0 bridgehead atoms. The monoisotopic (exact) mass is 296 g/mol. The molecule has 1 saturated heterocycles. The predicted octanol–water partition coefficient (Wildman–Crippen LogP) is 1.90. The maximum Gasteiger partial charge on any atom is 0.338 e. The summed E-state index contributed by atoms with van der Waals surface area (Å²) in [6.45, 7) is 0.423. The highest BCUT2D eigenvalue weighted by Crippen LogP contribution is 2.19. The minimum atomic E-state index is -1.36. The Bertz CT molecular complexity index is 550. The molecule has 1 aromatic rings. The van der Waals surface area contributed by atoms with E-state index in [1.807, 2.05) is 0 Å². The summed E-state index contributed by atoms with van der Waals surface area (Å²) in [6, 6.07) is 2.76. The van der Waals surface area contributed by atoms with Gasteiger partial charge in [0, 0.05) is 12.2 Å². The number of carbonyl (C=O) groups is 2. The largest absolute Gasteiger partial charge is 0.478 e. The summed E-state index contributed by atoms with van der Waals surface area (Å²) < 4.78 is 13.6. The van der Waals surface area contributed by atoms with Gasteiger partial charge in [-0.1, -0.05) is 0 Å². The summed E-state index contributed by atoms with van der Waals surface area (Å²) in [5.41, 5.74) is -0.260. The van der Waals surface area contributed by atoms with E-state index in [0.717, 1.165) is 31.4 Å². The molecule has 1 unspecified atom stereocenters. The number of carbonyl (C=O) groups excluding carboxylic acids is 1. The van der Waals surface area contributed by atoms with E-state index in [4.69, 9.17) is 5.11 Å². The summed E-state index contributed by atoms with van der Waals surface area (Å²) in [5.74, 6) is -2.26. The number of amides is 2. The zero-order valence-electron chi connectivity index (χ0n) is 11.4. The van der Waals surface area contributed by atoms with Gasteiger partial charge < -0.3 is 20.4 Å². The van der Waals surface area contributed by atoms with Crippen molar-refractivity contribution in [1.29, 1.82) is 0 Å². The lowest BCUT2D eigenvalue weighted by molar-refractivity contribution is 0.0692. The molecule has 2 rings (SSSR count). The van der Waals surface area contributed by atoms with Crippen LogP contribution in [0.1, 0.15) is 29.6 Å². The van der Waals surface area contributed by atoms with E-state index in [2.05, 4.69) is 5.32 Å². The minimum Gasteiger partial charge on any atom is -0.478 e. The average Bonchev–Trinajstić information content (AvgIpc) is 2.46. The molecule has 0 spiro atoms. The number of carboxylic acids is 1. The summed E-state index contributed by atoms with van der Waals surface area (Å²) >= 11 is 0. The Morgan fingerprint density at radius 3 is 2.76 bits per heavy atom. The molecule has 0 aromatic heterocycles. The van der Waals surface area contributed by atoms with E-state index in [-0.39, 0.29) is 18.3 Å². The van der Waals surface area contributed by atoms with E-state index in [1.165, 1.54) is 11.0 Å². The Morgan fingerprint density at radius 2 is 2.14 bits per heavy atom. The summed E-state index contributed by atoms with van der Waals surface area (Å²) in [7, 11) is 0. The van der Waals surface area contributed by atoms with Crippen LogP contribution in [0.25, 0.3) is 0 Å². The van der Waals surface area contributed by atoms with Gasteiger partial charge in [0.1, 0.15) is 5.82 Å². The van der Waals surface area contributed by atoms with Crippen molar-refractivity contribution in [3.63, 3.8) is 0 Å². The number of nitrogens with one attached hydrogen (secondary N) is 1. The second-order valence-electron chi connectivity index (χ2n) is 4.96. The highest BCUT2D eigenvalue weighted by atomic mass is 19.1. The Morgan fingerprint density at radius 1 is 1.38 bits per heavy atom. The van der Waals surface area contributed by atoms with E-state index in [0.29, 0.717) is 6.54 Å². The maximum absolute atomic E-state index is 13.6. The Hall–Kier alpha value is -2.15. The standard InChI is InChI=1S/C14H17FN2O4/c15-12-7-9(4-5-11(12)13(19)20)16-14(21)17-6-2-1-3-10(17)8-18/h4-5,7,10,18H,1-3,6,8H2,(H,16,21)(H,19,20). The number of benzene rings is 1. The fourth-order valence-corrected chi connectivity index (χ4v) is 2.42. The summed E-state index contributed by atoms with van der Waals surface area (Å²) in [6.07, 6.45) is 2.55. The number of hydrogen-bond donors (Lipinski definition) is 3. The number of hydrogen-bond acceptors (Lipinski definition) is 3. The lowest BCUT2D eigenvalue weighted by Gasteiger charge is -2.34. The summed E-state index contributed by atoms with van der Waals surface area (Å²) in [4.78, 5) is 24.4. The molecule has 1 aliphatic heterocycles. The van der Waals surface area contributed by atoms with Crippen molar-refractivity contribution in [1.82, 2.24) is 4.90 Å². The first kappa shape index (κ1) is 15.2. The first-order valence-corrected chi connectivity index (χ1v) is 6.74. The van der Waals surface area contributed by atoms with Crippen LogP contribution >= 0.6 is 0 Å². The van der Waals surface area contributed by atoms with Gasteiger partial charge in [-0.3, -0.25) is 0 Å². The molecular formula is C14H17FN2O4. The quantitative estimate of drug-likeness (QED) is 0.794. The average molecular weight is 296 g/mol. The molecule has 1 heterocycles. The van der Waals surface area contributed by atoms with Gasteiger partial charge in [-0.15, -0.1) is 0 Å². The number of aromatic carboxylic acids is 1. The van der Waals surface area contributed by atoms with Gasteiger partial charge >= 0.3 is 12.0 Å². The van der Waals surface area contributed by atoms with Gasteiger partial charge in [-0.2, -0.15) is 0 Å². The third kappa shape index (κ3) is 3.49. The molecule has 3 N–H and O–H groups in total. The number of piperidine rings is 1. The molecule has 0 saturated carbocycles. The summed E-state index contributed by atoms with van der Waals surface area (Å²) in [5, 5.41) is 20.5. The molecular weight excluding hydrogens is 279 g/mol. The number of aliphatic hydroxyl groups is 1. The Balaban J connectivity index is 2.08. The SMILES string of the molecule is O=C(O)c1ccc(NC(=O)N2CCCCC2CO)cc1F. The molecule has 0 aliphatic carbocycles. The number of rotatable bonds is 3. The molecule has 6 nitrogen and oxygen atoms in total. The highest BCUT2D eigenvalue weighted by molar-refractivity contribution is 5.92. The molecule has 1 fully saturated rings. The number of halogens is 1. The lowest BCUT2D eigenvalue weighted by Crippen LogP contribution is -2.47. The van der Waals surface area contributed by atoms with Gasteiger partial charge in [0.2, 0.25) is 0 Å². The van der Waals surface area contributed by atoms with Crippen LogP contribution in [0, 0.1) is 5.82 Å². The van der Waals surface area contributed by atoms with Crippen molar-refractivity contribution >= 4 is 17.7 Å². The van der Waals surface area contributed by atoms with Crippen LogP contribution in [0.3, 0.4) is 0 Å². The fourth-order valence-electron chi connectivity index (χ4n) is 2.42. The van der Waals surface area contributed by atoms with Crippen LogP contribution in [-0.4, -0.2) is 46.3 Å². The van der Waals surface area contributed by atoms with Gasteiger partial charge in [-0.25, -0.2) is 14.0 Å². The molecule has 7 heteroatoms. The third-order valence-electron chi connectivity index (χ3n) is 3.55. The Labute approximate surface area is 121 Å². The number of urea groups is 1. The van der Waals surface area contributed by atoms with Crippen molar-refractivity contribution in [2.75, 3.05) is 18.5 Å². The van der Waals surface area contributed by atoms with Crippen LogP contribution < -0.4 is 5.32 Å². The number of nitrogens with zero attached hydrogens (tertiary/aromatic N) is 1. The first-order valence-electron chi connectivity index (χ1n) is 6.74. The highest BCUT2D eigenvalue weighted by Gasteiger charge is 2.26. The smallest absolute Gasteiger partial charge is 0.338 e. The van der Waals surface area contributed by atoms with Gasteiger partial charge in [0.25, 0.3) is 0 Å². The molecule has 2 amide bonds. The van der Waals surface area contributed by atoms with E-state index in [9.17, 15) is 19.1 Å².